The molecule has 1 heterocycles. The summed E-state index contributed by atoms with van der Waals surface area (Å²) in [6.45, 7) is 12.7. The molecule has 1 saturated heterocycles. The Hall–Kier alpha value is -3.46. The Kier molecular flexibility index (Phi) is 10.9. The maximum Gasteiger partial charge on any atom is 0.410 e. The number of hydrogen-bond donors (Lipinski definition) is 1. The van der Waals surface area contributed by atoms with Gasteiger partial charge in [0.15, 0.2) is 5.75 Å². The molecule has 0 radical (unpaired) electrons. The Bertz CT molecular complexity index is 1610. The molecule has 10 heteroatoms. The molecule has 2 amide bonds. The van der Waals surface area contributed by atoms with Gasteiger partial charge in [-0.3, -0.25) is 4.79 Å². The molecule has 1 aliphatic heterocycles. The van der Waals surface area contributed by atoms with Crippen molar-refractivity contribution in [3.63, 3.8) is 0 Å². The van der Waals surface area contributed by atoms with Gasteiger partial charge in [-0.1, -0.05) is 53.5 Å². The van der Waals surface area contributed by atoms with Gasteiger partial charge >= 0.3 is 6.09 Å². The Labute approximate surface area is 293 Å². The molecule has 258 valence electrons. The highest BCUT2D eigenvalue weighted by molar-refractivity contribution is 6.37. The first-order valence-corrected chi connectivity index (χ1v) is 17.3. The minimum absolute atomic E-state index is 0.0417. The maximum absolute atomic E-state index is 14.6. The summed E-state index contributed by atoms with van der Waals surface area (Å²) in [4.78, 5) is 31.2. The van der Waals surface area contributed by atoms with Crippen LogP contribution in [-0.2, 0) is 21.7 Å². The fraction of sp³-hybridized carbons (Fsp3) is 0.474. The number of halogens is 2. The van der Waals surface area contributed by atoms with Crippen LogP contribution in [0.15, 0.2) is 54.6 Å². The highest BCUT2D eigenvalue weighted by Crippen LogP contribution is 2.42. The zero-order chi connectivity index (χ0) is 34.8. The Morgan fingerprint density at radius 3 is 2.25 bits per heavy atom. The Balaban J connectivity index is 1.34. The second kappa shape index (κ2) is 14.6. The van der Waals surface area contributed by atoms with Gasteiger partial charge in [0.25, 0.3) is 0 Å². The number of nitrogens with zero attached hydrogens (tertiary/aromatic N) is 2. The van der Waals surface area contributed by atoms with E-state index < -0.39 is 23.2 Å². The van der Waals surface area contributed by atoms with Crippen LogP contribution in [0.2, 0.25) is 10.0 Å². The summed E-state index contributed by atoms with van der Waals surface area (Å²) in [6, 6.07) is 16.9. The summed E-state index contributed by atoms with van der Waals surface area (Å²) in [5.74, 6) is -0.0688. The smallest absolute Gasteiger partial charge is 0.410 e. The molecular weight excluding hydrogens is 651 g/mol. The van der Waals surface area contributed by atoms with Crippen LogP contribution in [0, 0.1) is 26.7 Å². The number of benzene rings is 3. The number of aliphatic hydroxyl groups is 1. The van der Waals surface area contributed by atoms with Gasteiger partial charge in [0, 0.05) is 25.7 Å². The van der Waals surface area contributed by atoms with E-state index in [0.29, 0.717) is 33.7 Å². The van der Waals surface area contributed by atoms with E-state index in [9.17, 15) is 14.7 Å². The lowest BCUT2D eigenvalue weighted by Gasteiger charge is -2.45. The minimum atomic E-state index is -1.51. The fourth-order valence-electron chi connectivity index (χ4n) is 6.17. The predicted octanol–water partition coefficient (Wildman–Crippen LogP) is 8.01. The number of piperidine rings is 1. The zero-order valence-corrected chi connectivity index (χ0v) is 30.2. The Morgan fingerprint density at radius 1 is 0.979 bits per heavy atom. The number of aryl methyl sites for hydroxylation is 2. The third kappa shape index (κ3) is 8.39. The minimum Gasteiger partial charge on any atom is -0.490 e. The maximum atomic E-state index is 14.6. The van der Waals surface area contributed by atoms with Crippen molar-refractivity contribution < 1.29 is 28.9 Å². The van der Waals surface area contributed by atoms with Gasteiger partial charge in [0.1, 0.15) is 30.2 Å². The molecule has 0 spiro atoms. The van der Waals surface area contributed by atoms with Crippen LogP contribution in [0.5, 0.6) is 11.5 Å². The van der Waals surface area contributed by atoms with E-state index in [2.05, 4.69) is 26.0 Å². The first kappa shape index (κ1) is 35.8. The van der Waals surface area contributed by atoms with E-state index in [-0.39, 0.29) is 44.7 Å². The van der Waals surface area contributed by atoms with Crippen LogP contribution < -0.4 is 9.47 Å². The lowest BCUT2D eigenvalue weighted by molar-refractivity contribution is -0.155. The molecule has 3 aromatic rings. The van der Waals surface area contributed by atoms with E-state index in [1.54, 1.807) is 41.3 Å². The molecular formula is C38H46Cl2N2O6. The summed E-state index contributed by atoms with van der Waals surface area (Å²) >= 11 is 12.6. The topological polar surface area (TPSA) is 88.5 Å². The fourth-order valence-corrected chi connectivity index (χ4v) is 6.88. The molecule has 1 saturated carbocycles. The van der Waals surface area contributed by atoms with Crippen molar-refractivity contribution in [1.29, 1.82) is 0 Å². The first-order valence-electron chi connectivity index (χ1n) is 16.5. The van der Waals surface area contributed by atoms with Crippen molar-refractivity contribution in [2.75, 3.05) is 26.3 Å². The van der Waals surface area contributed by atoms with Crippen molar-refractivity contribution in [1.82, 2.24) is 9.80 Å². The molecule has 2 aliphatic rings. The first-order chi connectivity index (χ1) is 22.7. The Morgan fingerprint density at radius 2 is 1.62 bits per heavy atom. The normalized spacial score (nSPS) is 19.5. The molecule has 1 N–H and O–H groups in total. The molecule has 1 aliphatic carbocycles. The molecule has 2 atom stereocenters. The van der Waals surface area contributed by atoms with Crippen molar-refractivity contribution >= 4 is 35.2 Å². The second-order valence-corrected chi connectivity index (χ2v) is 14.8. The number of carbonyl (C=O) groups is 2. The van der Waals surface area contributed by atoms with Crippen LogP contribution in [0.1, 0.15) is 67.9 Å². The SMILES string of the molecule is Cc1cc(Cl)c(OCCOc2ccc(C3(O)CCN(C(=O)OC(C)(C)C)CC3C(=O)N(Cc3cccc(C)c3C)C3CC3)cc2)c(Cl)c1. The summed E-state index contributed by atoms with van der Waals surface area (Å²) in [5.41, 5.74) is 2.73. The molecule has 5 rings (SSSR count). The lowest BCUT2D eigenvalue weighted by atomic mass is 9.75. The van der Waals surface area contributed by atoms with Gasteiger partial charge in [-0.05, 0) is 113 Å². The predicted molar refractivity (Wildman–Crippen MR) is 188 cm³/mol. The van der Waals surface area contributed by atoms with E-state index in [1.807, 2.05) is 38.7 Å². The number of rotatable bonds is 10. The van der Waals surface area contributed by atoms with Crippen molar-refractivity contribution in [3.8, 4) is 11.5 Å². The number of amides is 2. The third-order valence-corrected chi connectivity index (χ3v) is 9.68. The largest absolute Gasteiger partial charge is 0.490 e. The summed E-state index contributed by atoms with van der Waals surface area (Å²) in [7, 11) is 0. The molecule has 2 unspecified atom stereocenters. The molecule has 0 bridgehead atoms. The summed E-state index contributed by atoms with van der Waals surface area (Å²) < 4.78 is 17.3. The van der Waals surface area contributed by atoms with Gasteiger partial charge in [0.2, 0.25) is 5.91 Å². The summed E-state index contributed by atoms with van der Waals surface area (Å²) in [6.07, 6.45) is 1.51. The number of hydrogen-bond acceptors (Lipinski definition) is 6. The van der Waals surface area contributed by atoms with E-state index in [0.717, 1.165) is 35.1 Å². The van der Waals surface area contributed by atoms with Crippen LogP contribution in [0.4, 0.5) is 4.79 Å². The summed E-state index contributed by atoms with van der Waals surface area (Å²) in [5, 5.41) is 13.3. The third-order valence-electron chi connectivity index (χ3n) is 9.12. The molecule has 2 fully saturated rings. The monoisotopic (exact) mass is 696 g/mol. The number of likely N-dealkylation sites (tertiary alicyclic amines) is 1. The van der Waals surface area contributed by atoms with Crippen LogP contribution >= 0.6 is 23.2 Å². The van der Waals surface area contributed by atoms with Crippen molar-refractivity contribution in [2.45, 2.75) is 84.6 Å². The van der Waals surface area contributed by atoms with Gasteiger partial charge in [-0.15, -0.1) is 0 Å². The highest BCUT2D eigenvalue weighted by Gasteiger charge is 2.51. The molecule has 0 aromatic heterocycles. The standard InChI is InChI=1S/C38H46Cl2N2O6/c1-24-20-32(39)34(33(40)21-24)47-19-18-46-30-14-10-28(11-15-30)38(45)16-17-41(36(44)48-37(4,5)6)23-31(38)35(43)42(29-12-13-29)22-27-9-7-8-25(2)26(27)3/h7-11,14-15,20-21,29,31,45H,12-13,16-19,22-23H2,1-6H3. The van der Waals surface area contributed by atoms with E-state index >= 15 is 0 Å². The zero-order valence-electron chi connectivity index (χ0n) is 28.6. The lowest BCUT2D eigenvalue weighted by Crippen LogP contribution is -2.58. The van der Waals surface area contributed by atoms with Gasteiger partial charge in [0.05, 0.1) is 16.0 Å². The average Bonchev–Trinajstić information content (AvgIpc) is 3.86. The van der Waals surface area contributed by atoms with Gasteiger partial charge in [-0.2, -0.15) is 0 Å². The quantitative estimate of drug-likeness (QED) is 0.216. The van der Waals surface area contributed by atoms with Crippen LogP contribution in [0.3, 0.4) is 0 Å². The van der Waals surface area contributed by atoms with Crippen molar-refractivity contribution in [3.05, 3.63) is 92.5 Å². The van der Waals surface area contributed by atoms with Crippen LogP contribution in [-0.4, -0.2) is 64.9 Å². The highest BCUT2D eigenvalue weighted by atomic mass is 35.5. The van der Waals surface area contributed by atoms with Gasteiger partial charge < -0.3 is 29.1 Å². The number of ether oxygens (including phenoxy) is 3. The van der Waals surface area contributed by atoms with Gasteiger partial charge in [-0.25, -0.2) is 4.79 Å². The number of carbonyl (C=O) groups excluding carboxylic acids is 2. The van der Waals surface area contributed by atoms with Crippen molar-refractivity contribution in [2.24, 2.45) is 5.92 Å². The molecule has 3 aromatic carbocycles. The molecule has 8 nitrogen and oxygen atoms in total. The van der Waals surface area contributed by atoms with E-state index in [1.165, 1.54) is 0 Å². The molecule has 48 heavy (non-hydrogen) atoms. The average molecular weight is 698 g/mol. The van der Waals surface area contributed by atoms with E-state index in [4.69, 9.17) is 37.4 Å². The van der Waals surface area contributed by atoms with Crippen LogP contribution in [0.25, 0.3) is 0 Å². The second-order valence-electron chi connectivity index (χ2n) is 14.0.